The molecule has 0 unspecified atom stereocenters. The smallest absolute Gasteiger partial charge is 0.255 e. The van der Waals surface area contributed by atoms with Crippen molar-refractivity contribution in [2.24, 2.45) is 0 Å². The molecule has 0 fully saturated rings. The second-order valence-corrected chi connectivity index (χ2v) is 8.29. The first-order valence-corrected chi connectivity index (χ1v) is 9.95. The van der Waals surface area contributed by atoms with Crippen molar-refractivity contribution in [3.8, 4) is 17.3 Å². The number of aromatic nitrogens is 1. The van der Waals surface area contributed by atoms with Gasteiger partial charge in [-0.25, -0.2) is 13.4 Å². The number of sulfonamides is 1. The van der Waals surface area contributed by atoms with Gasteiger partial charge in [0.15, 0.2) is 5.13 Å². The van der Waals surface area contributed by atoms with Gasteiger partial charge in [0.1, 0.15) is 6.07 Å². The summed E-state index contributed by atoms with van der Waals surface area (Å²) >= 11 is 12.9. The number of rotatable bonds is 4. The third-order valence-electron chi connectivity index (χ3n) is 3.24. The summed E-state index contributed by atoms with van der Waals surface area (Å²) in [6, 6.07) is 12.9. The van der Waals surface area contributed by atoms with E-state index in [0.29, 0.717) is 10.7 Å². The number of nitriles is 1. The summed E-state index contributed by atoms with van der Waals surface area (Å²) in [5, 5.41) is 11.5. The van der Waals surface area contributed by atoms with Gasteiger partial charge >= 0.3 is 0 Å². The van der Waals surface area contributed by atoms with Gasteiger partial charge in [-0.1, -0.05) is 35.3 Å². The lowest BCUT2D eigenvalue weighted by Gasteiger charge is -2.06. The molecule has 2 aromatic carbocycles. The lowest BCUT2D eigenvalue weighted by Crippen LogP contribution is -2.12. The highest BCUT2D eigenvalue weighted by atomic mass is 35.5. The van der Waals surface area contributed by atoms with E-state index in [1.54, 1.807) is 29.6 Å². The molecule has 3 aromatic rings. The Morgan fingerprint density at radius 3 is 2.48 bits per heavy atom. The zero-order valence-corrected chi connectivity index (χ0v) is 15.5. The van der Waals surface area contributed by atoms with Crippen molar-refractivity contribution in [3.05, 3.63) is 63.5 Å². The fraction of sp³-hybridized carbons (Fsp3) is 0. The molecule has 0 radical (unpaired) electrons. The Bertz CT molecular complexity index is 1070. The van der Waals surface area contributed by atoms with Crippen LogP contribution < -0.4 is 4.72 Å². The van der Waals surface area contributed by atoms with Gasteiger partial charge in [0, 0.05) is 16.0 Å². The summed E-state index contributed by atoms with van der Waals surface area (Å²) in [4.78, 5) is 4.23. The number of thiazole rings is 1. The predicted molar refractivity (Wildman–Crippen MR) is 99.5 cm³/mol. The first-order valence-electron chi connectivity index (χ1n) is 6.83. The summed E-state index contributed by atoms with van der Waals surface area (Å²) < 4.78 is 27.3. The maximum atomic E-state index is 12.4. The van der Waals surface area contributed by atoms with Gasteiger partial charge in [-0.05, 0) is 30.3 Å². The fourth-order valence-corrected chi connectivity index (χ4v) is 4.41. The summed E-state index contributed by atoms with van der Waals surface area (Å²) in [5.41, 5.74) is 1.67. The maximum absolute atomic E-state index is 12.4. The Hall–Kier alpha value is -2.11. The van der Waals surface area contributed by atoms with Crippen LogP contribution in [0.5, 0.6) is 0 Å². The molecule has 0 amide bonds. The van der Waals surface area contributed by atoms with E-state index < -0.39 is 10.0 Å². The Balaban J connectivity index is 1.86. The molecule has 0 saturated carbocycles. The molecule has 1 aromatic heterocycles. The minimum Gasteiger partial charge on any atom is -0.255 e. The standard InChI is InChI=1S/C16H9Cl2N3O2S2/c17-12-4-1-10(2-5-12)15-9-24-16(20-15)21-25(22,23)13-6-3-11(8-19)14(18)7-13/h1-7,9H,(H,20,21). The highest BCUT2D eigenvalue weighted by Gasteiger charge is 2.18. The van der Waals surface area contributed by atoms with Gasteiger partial charge in [-0.2, -0.15) is 5.26 Å². The summed E-state index contributed by atoms with van der Waals surface area (Å²) in [6.07, 6.45) is 0. The second-order valence-electron chi connectivity index (χ2n) is 4.90. The molecule has 126 valence electrons. The van der Waals surface area contributed by atoms with Crippen molar-refractivity contribution in [1.82, 2.24) is 4.98 Å². The molecule has 0 aliphatic carbocycles. The van der Waals surface area contributed by atoms with Crippen LogP contribution >= 0.6 is 34.5 Å². The van der Waals surface area contributed by atoms with Crippen LogP contribution in [0.15, 0.2) is 52.7 Å². The molecule has 0 saturated heterocycles. The van der Waals surface area contributed by atoms with E-state index in [9.17, 15) is 8.42 Å². The van der Waals surface area contributed by atoms with Gasteiger partial charge in [-0.15, -0.1) is 11.3 Å². The van der Waals surface area contributed by atoms with Crippen molar-refractivity contribution >= 4 is 49.7 Å². The molecule has 0 aliphatic heterocycles. The summed E-state index contributed by atoms with van der Waals surface area (Å²) in [5.74, 6) is 0. The minimum absolute atomic E-state index is 0.0419. The van der Waals surface area contributed by atoms with Crippen LogP contribution in [0.25, 0.3) is 11.3 Å². The zero-order chi connectivity index (χ0) is 18.0. The SMILES string of the molecule is N#Cc1ccc(S(=O)(=O)Nc2nc(-c3ccc(Cl)cc3)cs2)cc1Cl. The highest BCUT2D eigenvalue weighted by Crippen LogP contribution is 2.28. The number of nitrogens with one attached hydrogen (secondary N) is 1. The molecule has 5 nitrogen and oxygen atoms in total. The van der Waals surface area contributed by atoms with Crippen molar-refractivity contribution < 1.29 is 8.42 Å². The molecular formula is C16H9Cl2N3O2S2. The molecule has 0 bridgehead atoms. The lowest BCUT2D eigenvalue weighted by atomic mass is 10.2. The monoisotopic (exact) mass is 409 g/mol. The third-order valence-corrected chi connectivity index (χ3v) is 6.03. The summed E-state index contributed by atoms with van der Waals surface area (Å²) in [7, 11) is -3.85. The maximum Gasteiger partial charge on any atom is 0.263 e. The molecule has 1 heterocycles. The fourth-order valence-electron chi connectivity index (χ4n) is 2.00. The van der Waals surface area contributed by atoms with Crippen LogP contribution in [-0.4, -0.2) is 13.4 Å². The Morgan fingerprint density at radius 2 is 1.84 bits per heavy atom. The summed E-state index contributed by atoms with van der Waals surface area (Å²) in [6.45, 7) is 0. The van der Waals surface area contributed by atoms with Crippen LogP contribution in [0, 0.1) is 11.3 Å². The topological polar surface area (TPSA) is 82.8 Å². The number of hydrogen-bond acceptors (Lipinski definition) is 5. The Labute approximate surface area is 158 Å². The largest absolute Gasteiger partial charge is 0.263 e. The molecular weight excluding hydrogens is 401 g/mol. The predicted octanol–water partition coefficient (Wildman–Crippen LogP) is 4.79. The molecule has 0 aliphatic rings. The van der Waals surface area contributed by atoms with E-state index in [4.69, 9.17) is 28.5 Å². The van der Waals surface area contributed by atoms with Crippen LogP contribution in [0.4, 0.5) is 5.13 Å². The van der Waals surface area contributed by atoms with Crippen LogP contribution in [0.2, 0.25) is 10.0 Å². The quantitative estimate of drug-likeness (QED) is 0.671. The molecule has 3 rings (SSSR count). The van der Waals surface area contributed by atoms with E-state index in [-0.39, 0.29) is 20.6 Å². The Morgan fingerprint density at radius 1 is 1.12 bits per heavy atom. The van der Waals surface area contributed by atoms with Crippen molar-refractivity contribution in [2.75, 3.05) is 4.72 Å². The average molecular weight is 410 g/mol. The van der Waals surface area contributed by atoms with Gasteiger partial charge in [0.25, 0.3) is 10.0 Å². The first-order chi connectivity index (χ1) is 11.9. The molecule has 0 spiro atoms. The minimum atomic E-state index is -3.85. The van der Waals surface area contributed by atoms with Crippen molar-refractivity contribution in [2.45, 2.75) is 4.90 Å². The van der Waals surface area contributed by atoms with Gasteiger partial charge in [0.05, 0.1) is 21.2 Å². The van der Waals surface area contributed by atoms with Crippen LogP contribution in [0.3, 0.4) is 0 Å². The van der Waals surface area contributed by atoms with E-state index in [1.807, 2.05) is 6.07 Å². The number of hydrogen-bond donors (Lipinski definition) is 1. The molecule has 0 atom stereocenters. The average Bonchev–Trinajstić information content (AvgIpc) is 3.03. The van der Waals surface area contributed by atoms with Gasteiger partial charge in [0.2, 0.25) is 0 Å². The van der Waals surface area contributed by atoms with Crippen LogP contribution in [0.1, 0.15) is 5.56 Å². The van der Waals surface area contributed by atoms with Crippen molar-refractivity contribution in [3.63, 3.8) is 0 Å². The Kier molecular flexibility index (Phi) is 4.97. The molecule has 1 N–H and O–H groups in total. The lowest BCUT2D eigenvalue weighted by molar-refractivity contribution is 0.601. The van der Waals surface area contributed by atoms with E-state index in [1.165, 1.54) is 18.2 Å². The molecule has 25 heavy (non-hydrogen) atoms. The van der Waals surface area contributed by atoms with E-state index >= 15 is 0 Å². The molecule has 9 heteroatoms. The van der Waals surface area contributed by atoms with E-state index in [0.717, 1.165) is 16.9 Å². The van der Waals surface area contributed by atoms with Gasteiger partial charge < -0.3 is 0 Å². The first kappa shape index (κ1) is 17.7. The number of halogens is 2. The number of anilines is 1. The third kappa shape index (κ3) is 3.94. The van der Waals surface area contributed by atoms with Crippen LogP contribution in [-0.2, 0) is 10.0 Å². The van der Waals surface area contributed by atoms with Gasteiger partial charge in [-0.3, -0.25) is 4.72 Å². The zero-order valence-electron chi connectivity index (χ0n) is 12.4. The number of benzene rings is 2. The number of nitrogens with zero attached hydrogens (tertiary/aromatic N) is 2. The second kappa shape index (κ2) is 7.02. The normalized spacial score (nSPS) is 11.1. The highest BCUT2D eigenvalue weighted by molar-refractivity contribution is 7.93. The van der Waals surface area contributed by atoms with E-state index in [2.05, 4.69) is 9.71 Å². The van der Waals surface area contributed by atoms with Crippen molar-refractivity contribution in [1.29, 1.82) is 5.26 Å².